The third kappa shape index (κ3) is 4.42. The summed E-state index contributed by atoms with van der Waals surface area (Å²) in [4.78, 5) is 17.5. The second-order valence-corrected chi connectivity index (χ2v) is 10.4. The molecule has 156 valence electrons. The fourth-order valence-corrected chi connectivity index (χ4v) is 5.76. The maximum Gasteiger partial charge on any atom is 0.243 e. The fourth-order valence-electron chi connectivity index (χ4n) is 4.20. The summed E-state index contributed by atoms with van der Waals surface area (Å²) in [5.74, 6) is 0.141. The number of benzene rings is 1. The van der Waals surface area contributed by atoms with E-state index in [0.29, 0.717) is 36.9 Å². The number of piperidine rings is 2. The van der Waals surface area contributed by atoms with Crippen LogP contribution in [-0.4, -0.2) is 74.7 Å². The molecule has 2 heterocycles. The quantitative estimate of drug-likeness (QED) is 0.768. The molecule has 0 saturated carbocycles. The largest absolute Gasteiger partial charge is 0.341 e. The molecule has 2 saturated heterocycles. The molecule has 1 unspecified atom stereocenters. The lowest BCUT2D eigenvalue weighted by Gasteiger charge is -2.39. The highest BCUT2D eigenvalue weighted by Gasteiger charge is 2.35. The normalized spacial score (nSPS) is 22.6. The number of hydrogen-bond acceptors (Lipinski definition) is 4. The lowest BCUT2D eigenvalue weighted by molar-refractivity contribution is -0.138. The average molecular weight is 408 g/mol. The van der Waals surface area contributed by atoms with E-state index in [2.05, 4.69) is 19.0 Å². The molecule has 0 bridgehead atoms. The van der Waals surface area contributed by atoms with Gasteiger partial charge in [0.1, 0.15) is 0 Å². The number of hydrogen-bond donors (Lipinski definition) is 0. The van der Waals surface area contributed by atoms with Gasteiger partial charge < -0.3 is 9.80 Å². The van der Waals surface area contributed by atoms with Crippen LogP contribution in [0.4, 0.5) is 0 Å². The molecule has 2 aliphatic heterocycles. The van der Waals surface area contributed by atoms with Gasteiger partial charge in [-0.3, -0.25) is 4.79 Å². The molecule has 1 atom stereocenters. The number of nitrogens with zero attached hydrogens (tertiary/aromatic N) is 3. The maximum atomic E-state index is 13.0. The number of carbonyl (C=O) groups is 1. The minimum Gasteiger partial charge on any atom is -0.341 e. The van der Waals surface area contributed by atoms with Crippen molar-refractivity contribution < 1.29 is 13.2 Å². The van der Waals surface area contributed by atoms with Crippen molar-refractivity contribution in [3.63, 3.8) is 0 Å². The van der Waals surface area contributed by atoms with E-state index in [-0.39, 0.29) is 11.8 Å². The highest BCUT2D eigenvalue weighted by Crippen LogP contribution is 2.27. The fraction of sp³-hybridized carbons (Fsp3) is 0.667. The first-order valence-electron chi connectivity index (χ1n) is 10.2. The minimum absolute atomic E-state index is 0.0629. The van der Waals surface area contributed by atoms with Crippen LogP contribution in [0.3, 0.4) is 0 Å². The molecule has 0 radical (unpaired) electrons. The maximum absolute atomic E-state index is 13.0. The lowest BCUT2D eigenvalue weighted by atomic mass is 9.94. The Hall–Kier alpha value is -1.44. The molecular formula is C21H33N3O3S. The number of sulfonamides is 1. The minimum atomic E-state index is -3.49. The Bertz CT molecular complexity index is 814. The Kier molecular flexibility index (Phi) is 6.47. The van der Waals surface area contributed by atoms with Crippen molar-refractivity contribution in [2.75, 3.05) is 40.3 Å². The smallest absolute Gasteiger partial charge is 0.243 e. The van der Waals surface area contributed by atoms with Gasteiger partial charge in [-0.1, -0.05) is 6.07 Å². The predicted molar refractivity (Wildman–Crippen MR) is 111 cm³/mol. The predicted octanol–water partition coefficient (Wildman–Crippen LogP) is 2.26. The van der Waals surface area contributed by atoms with Crippen LogP contribution in [0.25, 0.3) is 0 Å². The van der Waals surface area contributed by atoms with Crippen LogP contribution in [0, 0.1) is 19.8 Å². The summed E-state index contributed by atoms with van der Waals surface area (Å²) in [7, 11) is 0.635. The second-order valence-electron chi connectivity index (χ2n) is 8.47. The number of carbonyl (C=O) groups excluding carboxylic acids is 1. The highest BCUT2D eigenvalue weighted by atomic mass is 32.2. The van der Waals surface area contributed by atoms with Gasteiger partial charge in [0.15, 0.2) is 0 Å². The highest BCUT2D eigenvalue weighted by molar-refractivity contribution is 7.89. The van der Waals surface area contributed by atoms with Crippen molar-refractivity contribution in [1.82, 2.24) is 14.1 Å². The topological polar surface area (TPSA) is 60.9 Å². The summed E-state index contributed by atoms with van der Waals surface area (Å²) in [5, 5.41) is 0. The Morgan fingerprint density at radius 2 is 1.71 bits per heavy atom. The van der Waals surface area contributed by atoms with Crippen LogP contribution in [0.5, 0.6) is 0 Å². The van der Waals surface area contributed by atoms with Crippen molar-refractivity contribution in [2.24, 2.45) is 5.92 Å². The Balaban J connectivity index is 1.62. The van der Waals surface area contributed by atoms with Crippen LogP contribution in [0.15, 0.2) is 23.1 Å². The van der Waals surface area contributed by atoms with Crippen molar-refractivity contribution in [3.8, 4) is 0 Å². The number of likely N-dealkylation sites (tertiary alicyclic amines) is 1. The second kappa shape index (κ2) is 8.51. The lowest BCUT2D eigenvalue weighted by Crippen LogP contribution is -2.51. The van der Waals surface area contributed by atoms with Gasteiger partial charge in [-0.25, -0.2) is 8.42 Å². The number of rotatable bonds is 4. The van der Waals surface area contributed by atoms with Crippen molar-refractivity contribution >= 4 is 15.9 Å². The molecule has 2 aliphatic rings. The number of aryl methyl sites for hydroxylation is 2. The van der Waals surface area contributed by atoms with Crippen LogP contribution in [0.2, 0.25) is 0 Å². The van der Waals surface area contributed by atoms with E-state index < -0.39 is 10.0 Å². The van der Waals surface area contributed by atoms with Crippen molar-refractivity contribution in [3.05, 3.63) is 29.3 Å². The monoisotopic (exact) mass is 407 g/mol. The van der Waals surface area contributed by atoms with E-state index in [1.165, 1.54) is 0 Å². The molecule has 2 fully saturated rings. The van der Waals surface area contributed by atoms with Crippen LogP contribution in [0.1, 0.15) is 36.8 Å². The molecule has 28 heavy (non-hydrogen) atoms. The van der Waals surface area contributed by atoms with Crippen LogP contribution in [-0.2, 0) is 14.8 Å². The standard InChI is InChI=1S/C21H33N3O3S/c1-16-7-8-20(14-17(16)2)28(26,27)24-12-9-18(10-13-24)21(25)23-11-5-6-19(15-23)22(3)4/h7-8,14,18-19H,5-6,9-13,15H2,1-4H3. The van der Waals surface area contributed by atoms with Gasteiger partial charge in [0, 0.05) is 38.1 Å². The van der Waals surface area contributed by atoms with Gasteiger partial charge in [0.05, 0.1) is 4.90 Å². The summed E-state index contributed by atoms with van der Waals surface area (Å²) in [6.07, 6.45) is 3.37. The Morgan fingerprint density at radius 3 is 2.32 bits per heavy atom. The first kappa shape index (κ1) is 21.3. The summed E-state index contributed by atoms with van der Waals surface area (Å²) in [5.41, 5.74) is 2.06. The zero-order chi connectivity index (χ0) is 20.5. The first-order chi connectivity index (χ1) is 13.2. The van der Waals surface area contributed by atoms with Gasteiger partial charge in [0.25, 0.3) is 0 Å². The van der Waals surface area contributed by atoms with Gasteiger partial charge in [-0.15, -0.1) is 0 Å². The van der Waals surface area contributed by atoms with E-state index in [4.69, 9.17) is 0 Å². The summed E-state index contributed by atoms with van der Waals surface area (Å²) >= 11 is 0. The zero-order valence-corrected chi connectivity index (χ0v) is 18.3. The third-order valence-electron chi connectivity index (χ3n) is 6.36. The van der Waals surface area contributed by atoms with Gasteiger partial charge in [-0.2, -0.15) is 4.31 Å². The molecule has 1 aromatic rings. The molecule has 0 aromatic heterocycles. The Morgan fingerprint density at radius 1 is 1.04 bits per heavy atom. The molecule has 6 nitrogen and oxygen atoms in total. The molecule has 0 N–H and O–H groups in total. The number of amides is 1. The molecular weight excluding hydrogens is 374 g/mol. The Labute approximate surface area is 169 Å². The van der Waals surface area contributed by atoms with E-state index in [9.17, 15) is 13.2 Å². The molecule has 0 aliphatic carbocycles. The molecule has 1 amide bonds. The molecule has 3 rings (SSSR count). The van der Waals surface area contributed by atoms with Gasteiger partial charge in [-0.05, 0) is 76.9 Å². The SMILES string of the molecule is Cc1ccc(S(=O)(=O)N2CCC(C(=O)N3CCCC(N(C)C)C3)CC2)cc1C. The first-order valence-corrected chi connectivity index (χ1v) is 11.7. The zero-order valence-electron chi connectivity index (χ0n) is 17.5. The van der Waals surface area contributed by atoms with E-state index in [1.54, 1.807) is 16.4 Å². The van der Waals surface area contributed by atoms with Crippen molar-refractivity contribution in [2.45, 2.75) is 50.5 Å². The number of likely N-dealkylation sites (N-methyl/N-ethyl adjacent to an activating group) is 1. The van der Waals surface area contributed by atoms with Crippen LogP contribution >= 0.6 is 0 Å². The van der Waals surface area contributed by atoms with Crippen molar-refractivity contribution in [1.29, 1.82) is 0 Å². The van der Waals surface area contributed by atoms with Gasteiger partial charge in [0.2, 0.25) is 15.9 Å². The third-order valence-corrected chi connectivity index (χ3v) is 8.25. The molecule has 7 heteroatoms. The van der Waals surface area contributed by atoms with Crippen LogP contribution < -0.4 is 0 Å². The summed E-state index contributed by atoms with van der Waals surface area (Å²) < 4.78 is 27.5. The average Bonchev–Trinajstić information content (AvgIpc) is 2.69. The summed E-state index contributed by atoms with van der Waals surface area (Å²) in [6.45, 7) is 6.34. The van der Waals surface area contributed by atoms with E-state index >= 15 is 0 Å². The molecule has 0 spiro atoms. The van der Waals surface area contributed by atoms with E-state index in [1.807, 2.05) is 24.8 Å². The molecule has 1 aromatic carbocycles. The van der Waals surface area contributed by atoms with E-state index in [0.717, 1.165) is 37.1 Å². The summed E-state index contributed by atoms with van der Waals surface area (Å²) in [6, 6.07) is 5.71. The van der Waals surface area contributed by atoms with Gasteiger partial charge >= 0.3 is 0 Å².